The Morgan fingerprint density at radius 1 is 1.39 bits per heavy atom. The van der Waals surface area contributed by atoms with Gasteiger partial charge in [0.25, 0.3) is 0 Å². The number of hydrogen-bond acceptors (Lipinski definition) is 4. The zero-order chi connectivity index (χ0) is 16.2. The Hall–Kier alpha value is -1.51. The highest BCUT2D eigenvalue weighted by atomic mass is 35.5. The SMILES string of the molecule is Cl.NC1(C(=O)NCc2c(F)cccc2OC(F)F)CCOCC1. The maximum Gasteiger partial charge on any atom is 0.387 e. The number of benzene rings is 1. The third-order valence-corrected chi connectivity index (χ3v) is 3.55. The summed E-state index contributed by atoms with van der Waals surface area (Å²) in [5.74, 6) is -1.52. The van der Waals surface area contributed by atoms with Crippen LogP contribution >= 0.6 is 12.4 Å². The van der Waals surface area contributed by atoms with E-state index in [1.165, 1.54) is 12.1 Å². The average molecular weight is 355 g/mol. The van der Waals surface area contributed by atoms with Gasteiger partial charge in [0.15, 0.2) is 0 Å². The van der Waals surface area contributed by atoms with Gasteiger partial charge in [-0.25, -0.2) is 4.39 Å². The molecule has 1 aromatic rings. The maximum absolute atomic E-state index is 13.8. The third kappa shape index (κ3) is 4.98. The molecule has 0 saturated carbocycles. The zero-order valence-corrected chi connectivity index (χ0v) is 13.0. The van der Waals surface area contributed by atoms with E-state index in [-0.39, 0.29) is 30.3 Å². The van der Waals surface area contributed by atoms with E-state index in [1.54, 1.807) is 0 Å². The lowest BCUT2D eigenvalue weighted by Crippen LogP contribution is -2.56. The number of halogens is 4. The average Bonchev–Trinajstić information content (AvgIpc) is 2.46. The maximum atomic E-state index is 13.8. The Balaban J connectivity index is 0.00000264. The van der Waals surface area contributed by atoms with Crippen molar-refractivity contribution >= 4 is 18.3 Å². The van der Waals surface area contributed by atoms with Crippen molar-refractivity contribution in [3.05, 3.63) is 29.6 Å². The normalized spacial score (nSPS) is 16.6. The van der Waals surface area contributed by atoms with Crippen LogP contribution in [0.3, 0.4) is 0 Å². The summed E-state index contributed by atoms with van der Waals surface area (Å²) in [5.41, 5.74) is 4.75. The van der Waals surface area contributed by atoms with Crippen LogP contribution in [0, 0.1) is 5.82 Å². The third-order valence-electron chi connectivity index (χ3n) is 3.55. The molecule has 1 aromatic carbocycles. The summed E-state index contributed by atoms with van der Waals surface area (Å²) in [4.78, 5) is 12.1. The van der Waals surface area contributed by atoms with Gasteiger partial charge >= 0.3 is 6.61 Å². The molecule has 130 valence electrons. The molecule has 1 heterocycles. The van der Waals surface area contributed by atoms with E-state index in [0.29, 0.717) is 26.1 Å². The molecule has 1 fully saturated rings. The van der Waals surface area contributed by atoms with Gasteiger partial charge in [-0.05, 0) is 25.0 Å². The number of carbonyl (C=O) groups excluding carboxylic acids is 1. The summed E-state index contributed by atoms with van der Waals surface area (Å²) in [6.45, 7) is -2.63. The predicted octanol–water partition coefficient (Wildman–Crippen LogP) is 1.97. The molecule has 1 saturated heterocycles. The Bertz CT molecular complexity index is 540. The summed E-state index contributed by atoms with van der Waals surface area (Å²) in [6, 6.07) is 3.57. The van der Waals surface area contributed by atoms with Crippen LogP contribution in [0.15, 0.2) is 18.2 Å². The number of nitrogens with two attached hydrogens (primary N) is 1. The minimum atomic E-state index is -3.08. The van der Waals surface area contributed by atoms with E-state index in [9.17, 15) is 18.0 Å². The fraction of sp³-hybridized carbons (Fsp3) is 0.500. The molecular formula is C14H18ClF3N2O3. The molecule has 0 aliphatic carbocycles. The lowest BCUT2D eigenvalue weighted by Gasteiger charge is -2.31. The molecule has 1 aliphatic rings. The number of alkyl halides is 2. The van der Waals surface area contributed by atoms with Gasteiger partial charge in [0.05, 0.1) is 5.54 Å². The fourth-order valence-electron chi connectivity index (χ4n) is 2.22. The lowest BCUT2D eigenvalue weighted by molar-refractivity contribution is -0.129. The van der Waals surface area contributed by atoms with E-state index in [2.05, 4.69) is 10.1 Å². The molecule has 0 unspecified atom stereocenters. The molecule has 1 amide bonds. The van der Waals surface area contributed by atoms with Gasteiger partial charge < -0.3 is 20.5 Å². The van der Waals surface area contributed by atoms with E-state index < -0.39 is 23.9 Å². The van der Waals surface area contributed by atoms with Crippen LogP contribution in [0.1, 0.15) is 18.4 Å². The molecule has 1 aliphatic heterocycles. The molecule has 2 rings (SSSR count). The second kappa shape index (κ2) is 8.37. The van der Waals surface area contributed by atoms with Gasteiger partial charge in [-0.2, -0.15) is 8.78 Å². The first-order chi connectivity index (χ1) is 10.4. The van der Waals surface area contributed by atoms with E-state index >= 15 is 0 Å². The quantitative estimate of drug-likeness (QED) is 0.848. The van der Waals surface area contributed by atoms with Crippen LogP contribution in [-0.2, 0) is 16.1 Å². The minimum Gasteiger partial charge on any atom is -0.434 e. The topological polar surface area (TPSA) is 73.6 Å². The Kier molecular flexibility index (Phi) is 7.11. The van der Waals surface area contributed by atoms with Gasteiger partial charge in [0.2, 0.25) is 5.91 Å². The first kappa shape index (κ1) is 19.5. The standard InChI is InChI=1S/C14H17F3N2O3.ClH/c15-10-2-1-3-11(22-13(16)17)9(10)8-19-12(20)14(18)4-6-21-7-5-14;/h1-3,13H,4-8,18H2,(H,19,20);1H. The van der Waals surface area contributed by atoms with E-state index in [1.807, 2.05) is 0 Å². The van der Waals surface area contributed by atoms with Gasteiger partial charge in [-0.15, -0.1) is 12.4 Å². The molecular weight excluding hydrogens is 337 g/mol. The summed E-state index contributed by atoms with van der Waals surface area (Å²) >= 11 is 0. The second-order valence-corrected chi connectivity index (χ2v) is 5.05. The minimum absolute atomic E-state index is 0. The molecule has 0 radical (unpaired) electrons. The number of ether oxygens (including phenoxy) is 2. The smallest absolute Gasteiger partial charge is 0.387 e. The van der Waals surface area contributed by atoms with Crippen molar-refractivity contribution in [1.29, 1.82) is 0 Å². The zero-order valence-electron chi connectivity index (χ0n) is 12.2. The van der Waals surface area contributed by atoms with Crippen molar-refractivity contribution in [2.45, 2.75) is 31.5 Å². The van der Waals surface area contributed by atoms with Crippen molar-refractivity contribution < 1.29 is 27.4 Å². The van der Waals surface area contributed by atoms with Gasteiger partial charge in [0.1, 0.15) is 11.6 Å². The van der Waals surface area contributed by atoms with Crippen LogP contribution in [0.5, 0.6) is 5.75 Å². The predicted molar refractivity (Wildman–Crippen MR) is 79.1 cm³/mol. The molecule has 0 aromatic heterocycles. The van der Waals surface area contributed by atoms with Crippen molar-refractivity contribution in [2.75, 3.05) is 13.2 Å². The first-order valence-corrected chi connectivity index (χ1v) is 6.79. The summed E-state index contributed by atoms with van der Waals surface area (Å²) in [5, 5.41) is 2.48. The lowest BCUT2D eigenvalue weighted by atomic mass is 9.90. The van der Waals surface area contributed by atoms with Crippen molar-refractivity contribution in [1.82, 2.24) is 5.32 Å². The molecule has 0 spiro atoms. The van der Waals surface area contributed by atoms with E-state index in [0.717, 1.165) is 6.07 Å². The Morgan fingerprint density at radius 3 is 2.65 bits per heavy atom. The molecule has 23 heavy (non-hydrogen) atoms. The van der Waals surface area contributed by atoms with Crippen LogP contribution in [0.25, 0.3) is 0 Å². The van der Waals surface area contributed by atoms with Gasteiger partial charge in [-0.3, -0.25) is 4.79 Å². The number of rotatable bonds is 5. The van der Waals surface area contributed by atoms with Crippen molar-refractivity contribution in [3.8, 4) is 5.75 Å². The highest BCUT2D eigenvalue weighted by molar-refractivity contribution is 5.86. The molecule has 9 heteroatoms. The van der Waals surface area contributed by atoms with Crippen LogP contribution in [0.2, 0.25) is 0 Å². The van der Waals surface area contributed by atoms with E-state index in [4.69, 9.17) is 10.5 Å². The summed E-state index contributed by atoms with van der Waals surface area (Å²) in [6.07, 6.45) is 0.687. The molecule has 0 bridgehead atoms. The molecule has 5 nitrogen and oxygen atoms in total. The fourth-order valence-corrected chi connectivity index (χ4v) is 2.22. The Morgan fingerprint density at radius 2 is 2.04 bits per heavy atom. The number of amides is 1. The number of hydrogen-bond donors (Lipinski definition) is 2. The van der Waals surface area contributed by atoms with Gasteiger partial charge in [0, 0.05) is 25.3 Å². The van der Waals surface area contributed by atoms with Crippen LogP contribution in [-0.4, -0.2) is 31.3 Å². The Labute approximate surface area is 137 Å². The monoisotopic (exact) mass is 354 g/mol. The van der Waals surface area contributed by atoms with Crippen LogP contribution in [0.4, 0.5) is 13.2 Å². The second-order valence-electron chi connectivity index (χ2n) is 5.05. The van der Waals surface area contributed by atoms with Crippen LogP contribution < -0.4 is 15.8 Å². The highest BCUT2D eigenvalue weighted by Crippen LogP contribution is 2.24. The number of carbonyl (C=O) groups is 1. The number of nitrogens with one attached hydrogen (secondary N) is 1. The summed E-state index contributed by atoms with van der Waals surface area (Å²) < 4.78 is 47.8. The van der Waals surface area contributed by atoms with Gasteiger partial charge in [-0.1, -0.05) is 6.07 Å². The first-order valence-electron chi connectivity index (χ1n) is 6.79. The largest absolute Gasteiger partial charge is 0.434 e. The highest BCUT2D eigenvalue weighted by Gasteiger charge is 2.35. The van der Waals surface area contributed by atoms with Crippen molar-refractivity contribution in [2.24, 2.45) is 5.73 Å². The van der Waals surface area contributed by atoms with Crippen molar-refractivity contribution in [3.63, 3.8) is 0 Å². The summed E-state index contributed by atoms with van der Waals surface area (Å²) in [7, 11) is 0. The molecule has 0 atom stereocenters. The molecule has 3 N–H and O–H groups in total.